The first kappa shape index (κ1) is 15.9. The van der Waals surface area contributed by atoms with Crippen LogP contribution in [0.2, 0.25) is 0 Å². The maximum Gasteiger partial charge on any atom is 0.225 e. The number of nitrogens with zero attached hydrogens (tertiary/aromatic N) is 2. The molecule has 2 saturated carbocycles. The highest BCUT2D eigenvalue weighted by molar-refractivity contribution is 9.10. The number of halogens is 1. The molecule has 1 aromatic heterocycles. The highest BCUT2D eigenvalue weighted by Crippen LogP contribution is 2.40. The Bertz CT molecular complexity index is 736. The average Bonchev–Trinajstić information content (AvgIpc) is 3.29. The molecule has 126 valence electrons. The topological polar surface area (TPSA) is 49.8 Å². The summed E-state index contributed by atoms with van der Waals surface area (Å²) in [5, 5.41) is 7.02. The summed E-state index contributed by atoms with van der Waals surface area (Å²) in [6.45, 7) is 2.10. The number of benzene rings is 1. The number of hydrogen-bond acceptors (Lipinski definition) is 4. The highest BCUT2D eigenvalue weighted by atomic mass is 79.9. The summed E-state index contributed by atoms with van der Waals surface area (Å²) in [4.78, 5) is 9.49. The van der Waals surface area contributed by atoms with Gasteiger partial charge < -0.3 is 10.6 Å². The number of aryl methyl sites for hydroxylation is 1. The first-order valence-corrected chi connectivity index (χ1v) is 9.65. The SMILES string of the molecule is Cc1cc(Br)ccc1Nc1cc(C2CC2)nc(NC2CCCC2)n1. The van der Waals surface area contributed by atoms with Crippen LogP contribution in [0.25, 0.3) is 0 Å². The standard InChI is InChI=1S/C19H23BrN4/c1-12-10-14(20)8-9-16(12)22-18-11-17(13-6-7-13)23-19(24-18)21-15-4-2-3-5-15/h8-11,13,15H,2-7H2,1H3,(H2,21,22,23,24). The van der Waals surface area contributed by atoms with Gasteiger partial charge in [0, 0.05) is 28.2 Å². The van der Waals surface area contributed by atoms with E-state index < -0.39 is 0 Å². The van der Waals surface area contributed by atoms with Gasteiger partial charge in [0.2, 0.25) is 5.95 Å². The molecular weight excluding hydrogens is 364 g/mol. The molecule has 2 aliphatic rings. The van der Waals surface area contributed by atoms with E-state index in [2.05, 4.69) is 57.8 Å². The van der Waals surface area contributed by atoms with E-state index in [1.54, 1.807) is 0 Å². The molecule has 1 aromatic carbocycles. The molecule has 2 aliphatic carbocycles. The van der Waals surface area contributed by atoms with Crippen LogP contribution >= 0.6 is 15.9 Å². The van der Waals surface area contributed by atoms with Crippen molar-refractivity contribution in [1.82, 2.24) is 9.97 Å². The third-order valence-corrected chi connectivity index (χ3v) is 5.37. The summed E-state index contributed by atoms with van der Waals surface area (Å²) in [6.07, 6.45) is 7.57. The fourth-order valence-corrected chi connectivity index (χ4v) is 3.82. The summed E-state index contributed by atoms with van der Waals surface area (Å²) < 4.78 is 1.09. The average molecular weight is 387 g/mol. The Morgan fingerprint density at radius 2 is 1.83 bits per heavy atom. The zero-order valence-corrected chi connectivity index (χ0v) is 15.6. The van der Waals surface area contributed by atoms with Gasteiger partial charge in [-0.2, -0.15) is 4.98 Å². The quantitative estimate of drug-likeness (QED) is 0.709. The lowest BCUT2D eigenvalue weighted by Gasteiger charge is -2.15. The van der Waals surface area contributed by atoms with Crippen LogP contribution in [-0.2, 0) is 0 Å². The normalized spacial score (nSPS) is 17.9. The van der Waals surface area contributed by atoms with Crippen molar-refractivity contribution in [2.75, 3.05) is 10.6 Å². The van der Waals surface area contributed by atoms with E-state index in [-0.39, 0.29) is 0 Å². The first-order chi connectivity index (χ1) is 11.7. The van der Waals surface area contributed by atoms with Crippen molar-refractivity contribution < 1.29 is 0 Å². The van der Waals surface area contributed by atoms with Gasteiger partial charge in [0.1, 0.15) is 5.82 Å². The van der Waals surface area contributed by atoms with Gasteiger partial charge in [0.05, 0.1) is 5.69 Å². The second-order valence-corrected chi connectivity index (χ2v) is 7.90. The Kier molecular flexibility index (Phi) is 4.44. The summed E-state index contributed by atoms with van der Waals surface area (Å²) in [6, 6.07) is 8.89. The van der Waals surface area contributed by atoms with E-state index in [9.17, 15) is 0 Å². The molecular formula is C19H23BrN4. The minimum atomic E-state index is 0.529. The van der Waals surface area contributed by atoms with Crippen molar-refractivity contribution in [1.29, 1.82) is 0 Å². The van der Waals surface area contributed by atoms with E-state index >= 15 is 0 Å². The molecule has 0 saturated heterocycles. The molecule has 0 bridgehead atoms. The first-order valence-electron chi connectivity index (χ1n) is 8.86. The number of anilines is 3. The fraction of sp³-hybridized carbons (Fsp3) is 0.474. The Balaban J connectivity index is 1.59. The molecule has 0 atom stereocenters. The summed E-state index contributed by atoms with van der Waals surface area (Å²) in [7, 11) is 0. The molecule has 0 radical (unpaired) electrons. The summed E-state index contributed by atoms with van der Waals surface area (Å²) in [5.74, 6) is 2.28. The molecule has 1 heterocycles. The number of hydrogen-bond donors (Lipinski definition) is 2. The predicted octanol–water partition coefficient (Wildman–Crippen LogP) is 5.52. The molecule has 0 spiro atoms. The van der Waals surface area contributed by atoms with Crippen molar-refractivity contribution in [2.45, 2.75) is 57.4 Å². The smallest absolute Gasteiger partial charge is 0.225 e. The molecule has 0 unspecified atom stereocenters. The van der Waals surface area contributed by atoms with Crippen LogP contribution in [0.4, 0.5) is 17.5 Å². The van der Waals surface area contributed by atoms with Gasteiger partial charge in [-0.3, -0.25) is 0 Å². The van der Waals surface area contributed by atoms with E-state index in [4.69, 9.17) is 9.97 Å². The van der Waals surface area contributed by atoms with E-state index in [1.165, 1.54) is 49.8 Å². The molecule has 2 N–H and O–H groups in total. The largest absolute Gasteiger partial charge is 0.351 e. The fourth-order valence-electron chi connectivity index (χ4n) is 3.34. The van der Waals surface area contributed by atoms with Gasteiger partial charge >= 0.3 is 0 Å². The van der Waals surface area contributed by atoms with Crippen LogP contribution in [0.1, 0.15) is 55.7 Å². The van der Waals surface area contributed by atoms with Crippen LogP contribution in [0.3, 0.4) is 0 Å². The Morgan fingerprint density at radius 1 is 1.04 bits per heavy atom. The van der Waals surface area contributed by atoms with Gasteiger partial charge in [0.15, 0.2) is 0 Å². The predicted molar refractivity (Wildman–Crippen MR) is 102 cm³/mol. The van der Waals surface area contributed by atoms with Crippen LogP contribution in [0.5, 0.6) is 0 Å². The Labute approximate surface area is 151 Å². The summed E-state index contributed by atoms with van der Waals surface area (Å²) >= 11 is 3.52. The monoisotopic (exact) mass is 386 g/mol. The van der Waals surface area contributed by atoms with Gasteiger partial charge in [-0.1, -0.05) is 28.8 Å². The molecule has 2 aromatic rings. The molecule has 5 heteroatoms. The molecule has 2 fully saturated rings. The van der Waals surface area contributed by atoms with E-state index in [1.807, 2.05) is 0 Å². The molecule has 0 amide bonds. The number of rotatable bonds is 5. The minimum Gasteiger partial charge on any atom is -0.351 e. The molecule has 0 aliphatic heterocycles. The molecule has 4 nitrogen and oxygen atoms in total. The van der Waals surface area contributed by atoms with Gasteiger partial charge in [-0.25, -0.2) is 4.98 Å². The van der Waals surface area contributed by atoms with E-state index in [0.717, 1.165) is 21.9 Å². The van der Waals surface area contributed by atoms with Crippen molar-refractivity contribution in [3.63, 3.8) is 0 Å². The minimum absolute atomic E-state index is 0.529. The van der Waals surface area contributed by atoms with Gasteiger partial charge in [-0.05, 0) is 56.4 Å². The molecule has 24 heavy (non-hydrogen) atoms. The zero-order valence-electron chi connectivity index (χ0n) is 14.0. The van der Waals surface area contributed by atoms with Crippen molar-refractivity contribution in [2.24, 2.45) is 0 Å². The number of nitrogens with one attached hydrogen (secondary N) is 2. The van der Waals surface area contributed by atoms with Crippen LogP contribution in [-0.4, -0.2) is 16.0 Å². The Morgan fingerprint density at radius 3 is 2.54 bits per heavy atom. The van der Waals surface area contributed by atoms with Crippen LogP contribution in [0.15, 0.2) is 28.7 Å². The maximum atomic E-state index is 4.77. The molecule has 4 rings (SSSR count). The van der Waals surface area contributed by atoms with Gasteiger partial charge in [0.25, 0.3) is 0 Å². The lowest BCUT2D eigenvalue weighted by molar-refractivity contribution is 0.742. The van der Waals surface area contributed by atoms with Crippen molar-refractivity contribution in [3.05, 3.63) is 40.0 Å². The third kappa shape index (κ3) is 3.72. The zero-order chi connectivity index (χ0) is 16.5. The maximum absolute atomic E-state index is 4.77. The highest BCUT2D eigenvalue weighted by Gasteiger charge is 2.27. The van der Waals surface area contributed by atoms with Crippen molar-refractivity contribution in [3.8, 4) is 0 Å². The van der Waals surface area contributed by atoms with Gasteiger partial charge in [-0.15, -0.1) is 0 Å². The second kappa shape index (κ2) is 6.71. The lowest BCUT2D eigenvalue weighted by atomic mass is 10.2. The third-order valence-electron chi connectivity index (χ3n) is 4.88. The lowest BCUT2D eigenvalue weighted by Crippen LogP contribution is -2.17. The Hall–Kier alpha value is -1.62. The number of aromatic nitrogens is 2. The van der Waals surface area contributed by atoms with Crippen molar-refractivity contribution >= 4 is 33.4 Å². The summed E-state index contributed by atoms with van der Waals surface area (Å²) in [5.41, 5.74) is 3.45. The van der Waals surface area contributed by atoms with E-state index in [0.29, 0.717) is 12.0 Å². The van der Waals surface area contributed by atoms with Crippen LogP contribution in [0, 0.1) is 6.92 Å². The second-order valence-electron chi connectivity index (χ2n) is 6.99. The van der Waals surface area contributed by atoms with Crippen LogP contribution < -0.4 is 10.6 Å².